The third-order valence-electron chi connectivity index (χ3n) is 6.65. The Hall–Kier alpha value is -2.40. The largest absolute Gasteiger partial charge is 0.778 e. The van der Waals surface area contributed by atoms with Gasteiger partial charge < -0.3 is 48.0 Å². The summed E-state index contributed by atoms with van der Waals surface area (Å²) in [6.07, 6.45) is -1.07. The number of quaternary nitrogens is 2. The molecule has 0 amide bonds. The van der Waals surface area contributed by atoms with Crippen LogP contribution in [0.3, 0.4) is 0 Å². The second kappa shape index (κ2) is 27.7. The Morgan fingerprint density at radius 2 is 0.848 bits per heavy atom. The third-order valence-corrected chi connectivity index (χ3v) is 9.30. The SMILES string of the molecule is CC[NH+](CC)CC.CC[NH+](CC)CC.O=C(O)CCOP(=O)([O-])Cc1ccccc1.O=C(O)CCOP(=O)([O-])Cc1ccccc1. The Kier molecular flexibility index (Phi) is 27.5. The van der Waals surface area contributed by atoms with Gasteiger partial charge in [-0.3, -0.25) is 9.59 Å². The fourth-order valence-corrected chi connectivity index (χ4v) is 5.99. The van der Waals surface area contributed by atoms with E-state index in [9.17, 15) is 28.5 Å². The van der Waals surface area contributed by atoms with Gasteiger partial charge in [-0.25, -0.2) is 0 Å². The zero-order chi connectivity index (χ0) is 35.4. The number of aliphatic carboxylic acids is 2. The van der Waals surface area contributed by atoms with Crippen LogP contribution >= 0.6 is 15.2 Å². The minimum Gasteiger partial charge on any atom is -0.778 e. The smallest absolute Gasteiger partial charge is 0.305 e. The monoisotopic (exact) mass is 690 g/mol. The number of hydrogen-bond donors (Lipinski definition) is 4. The molecule has 264 valence electrons. The Balaban J connectivity index is 0. The Morgan fingerprint density at radius 1 is 0.587 bits per heavy atom. The molecule has 46 heavy (non-hydrogen) atoms. The van der Waals surface area contributed by atoms with Crippen LogP contribution in [0.1, 0.15) is 65.5 Å². The summed E-state index contributed by atoms with van der Waals surface area (Å²) in [7, 11) is -7.97. The first kappa shape index (κ1) is 45.7. The minimum atomic E-state index is -3.98. The van der Waals surface area contributed by atoms with Crippen molar-refractivity contribution in [2.24, 2.45) is 0 Å². The van der Waals surface area contributed by atoms with Crippen LogP contribution in [0.4, 0.5) is 0 Å². The van der Waals surface area contributed by atoms with E-state index in [0.29, 0.717) is 11.1 Å². The van der Waals surface area contributed by atoms with Crippen LogP contribution in [0, 0.1) is 0 Å². The van der Waals surface area contributed by atoms with Gasteiger partial charge in [-0.2, -0.15) is 0 Å². The second-order valence-corrected chi connectivity index (χ2v) is 13.7. The first-order chi connectivity index (χ1) is 21.7. The lowest BCUT2D eigenvalue weighted by Gasteiger charge is -2.22. The average Bonchev–Trinajstić information content (AvgIpc) is 3.00. The van der Waals surface area contributed by atoms with Gasteiger partial charge in [0, 0.05) is 12.3 Å². The number of rotatable bonds is 18. The zero-order valence-corrected chi connectivity index (χ0v) is 30.1. The molecule has 2 unspecified atom stereocenters. The molecule has 0 radical (unpaired) electrons. The molecular weight excluding hydrogens is 634 g/mol. The molecule has 0 bridgehead atoms. The maximum absolute atomic E-state index is 11.4. The van der Waals surface area contributed by atoms with Gasteiger partial charge in [-0.05, 0) is 52.7 Å². The van der Waals surface area contributed by atoms with Crippen molar-refractivity contribution in [1.29, 1.82) is 0 Å². The summed E-state index contributed by atoms with van der Waals surface area (Å²) < 4.78 is 31.9. The molecule has 2 aromatic rings. The number of carbonyl (C=O) groups is 2. The molecule has 12 nitrogen and oxygen atoms in total. The second-order valence-electron chi connectivity index (χ2n) is 10.1. The maximum atomic E-state index is 11.4. The van der Waals surface area contributed by atoms with E-state index in [4.69, 9.17) is 10.2 Å². The van der Waals surface area contributed by atoms with Gasteiger partial charge in [-0.1, -0.05) is 60.7 Å². The zero-order valence-electron chi connectivity index (χ0n) is 28.3. The highest BCUT2D eigenvalue weighted by Gasteiger charge is 2.11. The van der Waals surface area contributed by atoms with Crippen molar-refractivity contribution in [3.63, 3.8) is 0 Å². The highest BCUT2D eigenvalue weighted by molar-refractivity contribution is 7.50. The van der Waals surface area contributed by atoms with E-state index >= 15 is 0 Å². The van der Waals surface area contributed by atoms with Gasteiger partial charge in [0.05, 0.1) is 65.3 Å². The number of carboxylic acids is 2. The summed E-state index contributed by atoms with van der Waals surface area (Å²) in [5.41, 5.74) is 1.24. The highest BCUT2D eigenvalue weighted by atomic mass is 31.2. The van der Waals surface area contributed by atoms with Gasteiger partial charge in [0.25, 0.3) is 0 Å². The fourth-order valence-electron chi connectivity index (χ4n) is 3.75. The van der Waals surface area contributed by atoms with Crippen LogP contribution in [-0.4, -0.2) is 74.6 Å². The normalized spacial score (nSPS) is 13.1. The predicted octanol–water partition coefficient (Wildman–Crippen LogP) is 2.32. The lowest BCUT2D eigenvalue weighted by atomic mass is 10.2. The molecule has 0 fully saturated rings. The molecule has 0 saturated heterocycles. The van der Waals surface area contributed by atoms with Crippen molar-refractivity contribution in [3.8, 4) is 0 Å². The summed E-state index contributed by atoms with van der Waals surface area (Å²) in [4.78, 5) is 46.5. The average molecular weight is 691 g/mol. The van der Waals surface area contributed by atoms with E-state index in [-0.39, 0.29) is 38.4 Å². The van der Waals surface area contributed by atoms with Gasteiger partial charge in [-0.15, -0.1) is 0 Å². The van der Waals surface area contributed by atoms with E-state index in [2.05, 4.69) is 50.6 Å². The summed E-state index contributed by atoms with van der Waals surface area (Å²) in [6, 6.07) is 17.2. The van der Waals surface area contributed by atoms with Gasteiger partial charge in [0.2, 0.25) is 0 Å². The number of benzene rings is 2. The van der Waals surface area contributed by atoms with E-state index < -0.39 is 27.1 Å². The van der Waals surface area contributed by atoms with Crippen molar-refractivity contribution in [1.82, 2.24) is 0 Å². The molecule has 0 saturated carbocycles. The molecule has 2 rings (SSSR count). The molecule has 0 aliphatic rings. The Bertz CT molecular complexity index is 1030. The van der Waals surface area contributed by atoms with Crippen molar-refractivity contribution in [2.45, 2.75) is 66.7 Å². The minimum absolute atomic E-state index is 0.215. The van der Waals surface area contributed by atoms with Crippen LogP contribution in [-0.2, 0) is 40.1 Å². The van der Waals surface area contributed by atoms with Crippen LogP contribution in [0.5, 0.6) is 0 Å². The summed E-state index contributed by atoms with van der Waals surface area (Å²) in [5.74, 6) is -2.17. The standard InChI is InChI=1S/2C10H13O5P.2C6H15N/c2*11-10(12)6-7-15-16(13,14)8-9-4-2-1-3-5-9;2*1-4-7(5-2)6-3/h2*1-5H,6-8H2,(H,11,12)(H,13,14);2*4-6H2,1-3H3. The summed E-state index contributed by atoms with van der Waals surface area (Å²) in [6.45, 7) is 20.3. The highest BCUT2D eigenvalue weighted by Crippen LogP contribution is 2.41. The Morgan fingerprint density at radius 3 is 1.04 bits per heavy atom. The first-order valence-corrected chi connectivity index (χ1v) is 19.2. The number of nitrogens with one attached hydrogen (secondary N) is 2. The molecule has 2 atom stereocenters. The quantitative estimate of drug-likeness (QED) is 0.170. The van der Waals surface area contributed by atoms with Crippen molar-refractivity contribution in [3.05, 3.63) is 71.8 Å². The third kappa shape index (κ3) is 27.9. The first-order valence-electron chi connectivity index (χ1n) is 15.8. The molecule has 0 aromatic heterocycles. The lowest BCUT2D eigenvalue weighted by molar-refractivity contribution is -0.894. The van der Waals surface area contributed by atoms with Crippen molar-refractivity contribution >= 4 is 27.1 Å². The molecule has 4 N–H and O–H groups in total. The molecule has 0 heterocycles. The van der Waals surface area contributed by atoms with Crippen molar-refractivity contribution in [2.75, 3.05) is 52.5 Å². The Labute approximate surface area is 275 Å². The van der Waals surface area contributed by atoms with Crippen molar-refractivity contribution < 1.29 is 57.6 Å². The van der Waals surface area contributed by atoms with Gasteiger partial charge >= 0.3 is 11.9 Å². The molecular formula is C32H56N2O10P2. The molecule has 0 aliphatic carbocycles. The van der Waals surface area contributed by atoms with Crippen LogP contribution in [0.2, 0.25) is 0 Å². The summed E-state index contributed by atoms with van der Waals surface area (Å²) >= 11 is 0. The topological polar surface area (TPSA) is 182 Å². The number of carboxylic acid groups (broad SMARTS) is 2. The van der Waals surface area contributed by atoms with Gasteiger partial charge in [0.15, 0.2) is 0 Å². The van der Waals surface area contributed by atoms with E-state index in [1.165, 1.54) is 39.3 Å². The fraction of sp³-hybridized carbons (Fsp3) is 0.562. The maximum Gasteiger partial charge on any atom is 0.305 e. The van der Waals surface area contributed by atoms with Crippen LogP contribution in [0.15, 0.2) is 60.7 Å². The van der Waals surface area contributed by atoms with Crippen LogP contribution < -0.4 is 19.6 Å². The lowest BCUT2D eigenvalue weighted by Crippen LogP contribution is -3.11. The van der Waals surface area contributed by atoms with E-state index in [1.54, 1.807) is 70.5 Å². The van der Waals surface area contributed by atoms with Crippen LogP contribution in [0.25, 0.3) is 0 Å². The predicted molar refractivity (Wildman–Crippen MR) is 177 cm³/mol. The molecule has 14 heteroatoms. The molecule has 2 aromatic carbocycles. The summed E-state index contributed by atoms with van der Waals surface area (Å²) in [5, 5.41) is 16.7. The van der Waals surface area contributed by atoms with E-state index in [1.807, 2.05) is 0 Å². The van der Waals surface area contributed by atoms with Gasteiger partial charge in [0.1, 0.15) is 15.2 Å². The number of hydrogen-bond acceptors (Lipinski definition) is 8. The molecule has 0 spiro atoms. The van der Waals surface area contributed by atoms with E-state index in [0.717, 1.165) is 0 Å². The molecule has 0 aliphatic heterocycles.